The van der Waals surface area contributed by atoms with Gasteiger partial charge in [0.15, 0.2) is 0 Å². The highest BCUT2D eigenvalue weighted by Gasteiger charge is 2.30. The fourth-order valence-electron chi connectivity index (χ4n) is 4.50. The normalized spacial score (nSPS) is 20.6. The van der Waals surface area contributed by atoms with Gasteiger partial charge in [0.2, 0.25) is 5.91 Å². The number of carbonyl (C=O) groups is 2. The van der Waals surface area contributed by atoms with E-state index in [1.165, 1.54) is 12.8 Å². The Kier molecular flexibility index (Phi) is 5.94. The van der Waals surface area contributed by atoms with E-state index in [1.54, 1.807) is 9.58 Å². The Morgan fingerprint density at radius 3 is 2.52 bits per heavy atom. The van der Waals surface area contributed by atoms with E-state index in [2.05, 4.69) is 5.32 Å². The molecule has 1 aromatic carbocycles. The summed E-state index contributed by atoms with van der Waals surface area (Å²) in [7, 11) is 0. The summed E-state index contributed by atoms with van der Waals surface area (Å²) in [5.41, 5.74) is 1.91. The number of aromatic nitrogens is 2. The Balaban J connectivity index is 1.53. The topological polar surface area (TPSA) is 87.5 Å². The van der Waals surface area contributed by atoms with Gasteiger partial charge >= 0.3 is 5.97 Å². The number of likely N-dealkylation sites (tertiary alicyclic amines) is 1. The van der Waals surface area contributed by atoms with Crippen LogP contribution in [0, 0.1) is 0 Å². The Labute approximate surface area is 170 Å². The summed E-state index contributed by atoms with van der Waals surface area (Å²) < 4.78 is 1.79. The van der Waals surface area contributed by atoms with Gasteiger partial charge in [-0.15, -0.1) is 0 Å². The standard InChI is InChI=1S/C22H28N4O3/c27-21(15-25-13-7-6-12-19(25)22(28)29)23-20-14-18(16-8-4-5-9-16)24-26(20)17-10-2-1-3-11-17/h1-3,10-11,14,16,19H,4-9,12-13,15H2,(H,23,27)(H,28,29). The van der Waals surface area contributed by atoms with Crippen LogP contribution in [0.1, 0.15) is 56.6 Å². The van der Waals surface area contributed by atoms with E-state index in [-0.39, 0.29) is 12.5 Å². The lowest BCUT2D eigenvalue weighted by atomic mass is 10.0. The number of hydrogen-bond acceptors (Lipinski definition) is 4. The summed E-state index contributed by atoms with van der Waals surface area (Å²) in [5, 5.41) is 17.2. The zero-order chi connectivity index (χ0) is 20.2. The minimum atomic E-state index is -0.852. The van der Waals surface area contributed by atoms with Gasteiger partial charge in [-0.1, -0.05) is 37.5 Å². The SMILES string of the molecule is O=C(CN1CCCCC1C(=O)O)Nc1cc(C2CCCC2)nn1-c1ccccc1. The van der Waals surface area contributed by atoms with Gasteiger partial charge in [0.25, 0.3) is 0 Å². The number of amides is 1. The third-order valence-electron chi connectivity index (χ3n) is 6.02. The highest BCUT2D eigenvalue weighted by atomic mass is 16.4. The van der Waals surface area contributed by atoms with Gasteiger partial charge in [0.1, 0.15) is 11.9 Å². The minimum Gasteiger partial charge on any atom is -0.480 e. The van der Waals surface area contributed by atoms with Crippen LogP contribution in [-0.4, -0.2) is 50.8 Å². The fraction of sp³-hybridized carbons (Fsp3) is 0.500. The first-order chi connectivity index (χ1) is 14.1. The van der Waals surface area contributed by atoms with Crippen LogP contribution in [-0.2, 0) is 9.59 Å². The van der Waals surface area contributed by atoms with E-state index in [4.69, 9.17) is 5.10 Å². The minimum absolute atomic E-state index is 0.0791. The summed E-state index contributed by atoms with van der Waals surface area (Å²) in [5.74, 6) is 0.0321. The number of nitrogens with one attached hydrogen (secondary N) is 1. The zero-order valence-corrected chi connectivity index (χ0v) is 16.6. The third kappa shape index (κ3) is 4.50. The van der Waals surface area contributed by atoms with Crippen molar-refractivity contribution in [3.8, 4) is 5.69 Å². The summed E-state index contributed by atoms with van der Waals surface area (Å²) in [6.45, 7) is 0.714. The largest absolute Gasteiger partial charge is 0.480 e. The number of carboxylic acids is 1. The Bertz CT molecular complexity index is 858. The van der Waals surface area contributed by atoms with Crippen LogP contribution in [0.15, 0.2) is 36.4 Å². The van der Waals surface area contributed by atoms with Crippen LogP contribution in [0.25, 0.3) is 5.69 Å². The van der Waals surface area contributed by atoms with Gasteiger partial charge in [-0.3, -0.25) is 14.5 Å². The van der Waals surface area contributed by atoms with Crippen molar-refractivity contribution >= 4 is 17.7 Å². The molecule has 29 heavy (non-hydrogen) atoms. The molecular formula is C22H28N4O3. The number of nitrogens with zero attached hydrogens (tertiary/aromatic N) is 3. The molecular weight excluding hydrogens is 368 g/mol. The van der Waals surface area contributed by atoms with E-state index in [0.717, 1.165) is 37.1 Å². The smallest absolute Gasteiger partial charge is 0.320 e. The number of carboxylic acid groups (broad SMARTS) is 1. The van der Waals surface area contributed by atoms with Crippen molar-refractivity contribution in [3.05, 3.63) is 42.1 Å². The molecule has 2 fully saturated rings. The maximum absolute atomic E-state index is 12.8. The summed E-state index contributed by atoms with van der Waals surface area (Å²) in [6, 6.07) is 11.2. The summed E-state index contributed by atoms with van der Waals surface area (Å²) in [6.07, 6.45) is 7.11. The molecule has 1 aliphatic heterocycles. The number of anilines is 1. The molecule has 7 nitrogen and oxygen atoms in total. The molecule has 154 valence electrons. The van der Waals surface area contributed by atoms with Crippen molar-refractivity contribution in [2.45, 2.75) is 56.9 Å². The van der Waals surface area contributed by atoms with Crippen molar-refractivity contribution < 1.29 is 14.7 Å². The highest BCUT2D eigenvalue weighted by Crippen LogP contribution is 2.35. The van der Waals surface area contributed by atoms with Gasteiger partial charge in [0.05, 0.1) is 17.9 Å². The molecule has 1 saturated heterocycles. The van der Waals surface area contributed by atoms with E-state index in [0.29, 0.717) is 24.7 Å². The molecule has 4 rings (SSSR count). The van der Waals surface area contributed by atoms with Gasteiger partial charge in [-0.25, -0.2) is 4.68 Å². The molecule has 0 bridgehead atoms. The van der Waals surface area contributed by atoms with Crippen LogP contribution in [0.4, 0.5) is 5.82 Å². The number of rotatable bonds is 6. The quantitative estimate of drug-likeness (QED) is 0.781. The molecule has 7 heteroatoms. The second-order valence-corrected chi connectivity index (χ2v) is 8.05. The summed E-state index contributed by atoms with van der Waals surface area (Å²) in [4.78, 5) is 26.0. The molecule has 1 unspecified atom stereocenters. The molecule has 1 saturated carbocycles. The maximum atomic E-state index is 12.8. The van der Waals surface area contributed by atoms with Crippen molar-refractivity contribution in [1.82, 2.24) is 14.7 Å². The Morgan fingerprint density at radius 2 is 1.79 bits per heavy atom. The van der Waals surface area contributed by atoms with Crippen LogP contribution in [0.3, 0.4) is 0 Å². The molecule has 2 N–H and O–H groups in total. The summed E-state index contributed by atoms with van der Waals surface area (Å²) >= 11 is 0. The fourth-order valence-corrected chi connectivity index (χ4v) is 4.50. The molecule has 1 amide bonds. The second kappa shape index (κ2) is 8.78. The maximum Gasteiger partial charge on any atom is 0.320 e. The van der Waals surface area contributed by atoms with Gasteiger partial charge in [-0.05, 0) is 44.4 Å². The van der Waals surface area contributed by atoms with E-state index >= 15 is 0 Å². The molecule has 2 aromatic rings. The van der Waals surface area contributed by atoms with Crippen LogP contribution >= 0.6 is 0 Å². The Hall–Kier alpha value is -2.67. The highest BCUT2D eigenvalue weighted by molar-refractivity contribution is 5.92. The number of hydrogen-bond donors (Lipinski definition) is 2. The van der Waals surface area contributed by atoms with Crippen molar-refractivity contribution in [1.29, 1.82) is 0 Å². The monoisotopic (exact) mass is 396 g/mol. The lowest BCUT2D eigenvalue weighted by molar-refractivity contribution is -0.145. The van der Waals surface area contributed by atoms with Gasteiger partial charge < -0.3 is 10.4 Å². The van der Waals surface area contributed by atoms with E-state index in [1.807, 2.05) is 36.4 Å². The van der Waals surface area contributed by atoms with Gasteiger partial charge in [0, 0.05) is 12.0 Å². The number of benzene rings is 1. The molecule has 2 heterocycles. The molecule has 0 spiro atoms. The number of aliphatic carboxylic acids is 1. The van der Waals surface area contributed by atoms with Crippen molar-refractivity contribution in [2.75, 3.05) is 18.4 Å². The molecule has 2 aliphatic rings. The van der Waals surface area contributed by atoms with E-state index in [9.17, 15) is 14.7 Å². The van der Waals surface area contributed by atoms with Crippen LogP contribution in [0.2, 0.25) is 0 Å². The molecule has 1 atom stereocenters. The predicted molar refractivity (Wildman–Crippen MR) is 110 cm³/mol. The average molecular weight is 396 g/mol. The lowest BCUT2D eigenvalue weighted by Gasteiger charge is -2.32. The zero-order valence-electron chi connectivity index (χ0n) is 16.6. The average Bonchev–Trinajstić information content (AvgIpc) is 3.39. The van der Waals surface area contributed by atoms with Crippen LogP contribution < -0.4 is 5.32 Å². The first-order valence-electron chi connectivity index (χ1n) is 10.5. The van der Waals surface area contributed by atoms with E-state index < -0.39 is 12.0 Å². The first-order valence-corrected chi connectivity index (χ1v) is 10.5. The number of para-hydroxylation sites is 1. The van der Waals surface area contributed by atoms with Gasteiger partial charge in [-0.2, -0.15) is 5.10 Å². The second-order valence-electron chi connectivity index (χ2n) is 8.05. The van der Waals surface area contributed by atoms with Crippen molar-refractivity contribution in [2.24, 2.45) is 0 Å². The molecule has 0 radical (unpaired) electrons. The first kappa shape index (κ1) is 19.6. The van der Waals surface area contributed by atoms with Crippen molar-refractivity contribution in [3.63, 3.8) is 0 Å². The predicted octanol–water partition coefficient (Wildman–Crippen LogP) is 3.41. The lowest BCUT2D eigenvalue weighted by Crippen LogP contribution is -2.47. The third-order valence-corrected chi connectivity index (χ3v) is 6.02. The molecule has 1 aromatic heterocycles. The number of carbonyl (C=O) groups excluding carboxylic acids is 1. The Morgan fingerprint density at radius 1 is 1.07 bits per heavy atom. The molecule has 1 aliphatic carbocycles. The number of piperidine rings is 1. The van der Waals surface area contributed by atoms with Crippen LogP contribution in [0.5, 0.6) is 0 Å².